The van der Waals surface area contributed by atoms with Crippen molar-refractivity contribution in [1.82, 2.24) is 20.9 Å². The summed E-state index contributed by atoms with van der Waals surface area (Å²) in [5.41, 5.74) is 2.42. The van der Waals surface area contributed by atoms with E-state index >= 15 is 0 Å². The van der Waals surface area contributed by atoms with Crippen molar-refractivity contribution in [3.8, 4) is 5.75 Å². The number of ether oxygens (including phenoxy) is 1. The maximum Gasteiger partial charge on any atom is 0.318 e. The van der Waals surface area contributed by atoms with Gasteiger partial charge in [-0.25, -0.2) is 4.79 Å². The smallest absolute Gasteiger partial charge is 0.318 e. The van der Waals surface area contributed by atoms with E-state index in [4.69, 9.17) is 17.1 Å². The molecule has 1 fully saturated rings. The molecule has 246 valence electrons. The molecular formula is C37H48N4O5. The Bertz CT molecular complexity index is 1800. The van der Waals surface area contributed by atoms with E-state index in [0.29, 0.717) is 27.2 Å². The first-order valence-corrected chi connectivity index (χ1v) is 15.2. The molecule has 0 saturated carbocycles. The van der Waals surface area contributed by atoms with Crippen LogP contribution in [0.15, 0.2) is 78.9 Å². The quantitative estimate of drug-likeness (QED) is 0.198. The van der Waals surface area contributed by atoms with Gasteiger partial charge in [-0.3, -0.25) is 9.59 Å². The minimum atomic E-state index is -3.85. The van der Waals surface area contributed by atoms with Crippen LogP contribution >= 0.6 is 0 Å². The van der Waals surface area contributed by atoms with Crippen molar-refractivity contribution in [2.45, 2.75) is 77.4 Å². The Morgan fingerprint density at radius 3 is 2.22 bits per heavy atom. The zero-order chi connectivity index (χ0) is 41.7. The predicted octanol–water partition coefficient (Wildman–Crippen LogP) is 4.33. The minimum Gasteiger partial charge on any atom is -0.483 e. The molecule has 9 heteroatoms. The molecule has 4 amide bonds. The number of nitrogens with zero attached hydrogens (tertiary/aromatic N) is 1. The molecule has 1 aliphatic heterocycles. The highest BCUT2D eigenvalue weighted by molar-refractivity contribution is 5.87. The summed E-state index contributed by atoms with van der Waals surface area (Å²) in [5, 5.41) is 19.3. The molecule has 0 unspecified atom stereocenters. The van der Waals surface area contributed by atoms with Gasteiger partial charge in [-0.2, -0.15) is 0 Å². The zero-order valence-corrected chi connectivity index (χ0v) is 26.0. The number of nitrogens with one attached hydrogen (secondary N) is 3. The van der Waals surface area contributed by atoms with Gasteiger partial charge < -0.3 is 30.7 Å². The van der Waals surface area contributed by atoms with E-state index in [9.17, 15) is 20.9 Å². The third-order valence-electron chi connectivity index (χ3n) is 7.72. The number of para-hydroxylation sites is 1. The number of aryl methyl sites for hydroxylation is 2. The lowest BCUT2D eigenvalue weighted by Gasteiger charge is -2.37. The molecule has 3 aromatic rings. The number of amides is 4. The number of carbonyl (C=O) groups excluding carboxylic acids is 3. The number of aliphatic hydroxyl groups is 1. The Kier molecular flexibility index (Phi) is 8.41. The van der Waals surface area contributed by atoms with Crippen LogP contribution in [0.3, 0.4) is 0 Å². The molecule has 3 aromatic carbocycles. The van der Waals surface area contributed by atoms with Crippen molar-refractivity contribution in [3.05, 3.63) is 101 Å². The largest absolute Gasteiger partial charge is 0.483 e. The first-order valence-electron chi connectivity index (χ1n) is 20.2. The molecular weight excluding hydrogens is 580 g/mol. The second kappa shape index (κ2) is 16.8. The molecule has 4 N–H and O–H groups in total. The Morgan fingerprint density at radius 2 is 1.61 bits per heavy atom. The van der Waals surface area contributed by atoms with Gasteiger partial charge in [-0.05, 0) is 67.7 Å². The van der Waals surface area contributed by atoms with Gasteiger partial charge in [0.05, 0.1) is 16.3 Å². The van der Waals surface area contributed by atoms with Crippen LogP contribution in [0, 0.1) is 19.7 Å². The maximum absolute atomic E-state index is 14.5. The highest BCUT2D eigenvalue weighted by Crippen LogP contribution is 2.22. The normalized spacial score (nSPS) is 20.8. The number of rotatable bonds is 15. The summed E-state index contributed by atoms with van der Waals surface area (Å²) in [6, 6.07) is 15.3. The number of aliphatic hydroxyl groups excluding tert-OH is 1. The van der Waals surface area contributed by atoms with Gasteiger partial charge >= 0.3 is 6.03 Å². The standard InChI is InChI=1S/C37H48N4O5/c1-25(2)34(41-20-12-19-38-37(41)45)36(44)39-30(21-28-15-7-5-8-16-28)23-32(42)31(22-29-17-9-6-10-18-29)40-33(43)24-46-35-26(3)13-11-14-27(35)4/h5-11,13-18,25,30-32,34,42H,12,19-24H2,1-4H3,(H,38,45)(H,39,44)(H,40,43)/t30-,31-,32-,34-/m0/s1/i1D3,2D3,24D2,25D,34D. The van der Waals surface area contributed by atoms with E-state index < -0.39 is 81.2 Å². The Labute approximate surface area is 286 Å². The Morgan fingerprint density at radius 1 is 0.978 bits per heavy atom. The van der Waals surface area contributed by atoms with Gasteiger partial charge in [0.15, 0.2) is 6.56 Å². The molecule has 0 aliphatic carbocycles. The molecule has 1 heterocycles. The third-order valence-corrected chi connectivity index (χ3v) is 7.72. The van der Waals surface area contributed by atoms with E-state index in [2.05, 4.69) is 16.0 Å². The molecule has 9 nitrogen and oxygen atoms in total. The molecule has 0 spiro atoms. The second-order valence-corrected chi connectivity index (χ2v) is 11.3. The topological polar surface area (TPSA) is 120 Å². The van der Waals surface area contributed by atoms with Crippen molar-refractivity contribution >= 4 is 17.8 Å². The number of benzene rings is 3. The fourth-order valence-electron chi connectivity index (χ4n) is 5.42. The van der Waals surface area contributed by atoms with Gasteiger partial charge in [0, 0.05) is 28.7 Å². The van der Waals surface area contributed by atoms with Gasteiger partial charge in [0.25, 0.3) is 5.91 Å². The van der Waals surface area contributed by atoms with Crippen LogP contribution in [-0.2, 0) is 22.4 Å². The zero-order valence-electron chi connectivity index (χ0n) is 36.0. The summed E-state index contributed by atoms with van der Waals surface area (Å²) in [4.78, 5) is 41.7. The lowest BCUT2D eigenvalue weighted by Crippen LogP contribution is -2.59. The SMILES string of the molecule is [2H]C([2H])(Oc1c(C)cccc1C)C(=O)N[C@@H](Cc1ccccc1)[C@@H](O)C[C@H](Cc1ccccc1)NC(=O)[C@@]([2H])(N1CCCNC1=O)C([2H])(C([2H])([2H])[2H])C([2H])([2H])[2H]. The lowest BCUT2D eigenvalue weighted by atomic mass is 9.92. The van der Waals surface area contributed by atoms with Crippen LogP contribution in [0.2, 0.25) is 0 Å². The summed E-state index contributed by atoms with van der Waals surface area (Å²) >= 11 is 0. The third kappa shape index (κ3) is 9.81. The van der Waals surface area contributed by atoms with E-state index in [1.54, 1.807) is 92.7 Å². The molecule has 46 heavy (non-hydrogen) atoms. The van der Waals surface area contributed by atoms with E-state index in [-0.39, 0.29) is 31.6 Å². The van der Waals surface area contributed by atoms with Crippen molar-refractivity contribution in [2.75, 3.05) is 19.6 Å². The van der Waals surface area contributed by atoms with E-state index in [1.807, 2.05) is 0 Å². The van der Waals surface area contributed by atoms with Crippen molar-refractivity contribution in [3.63, 3.8) is 0 Å². The summed E-state index contributed by atoms with van der Waals surface area (Å²) in [7, 11) is 0. The number of urea groups is 1. The maximum atomic E-state index is 14.5. The first-order chi connectivity index (χ1) is 26.0. The highest BCUT2D eigenvalue weighted by Gasteiger charge is 2.35. The number of hydrogen-bond donors (Lipinski definition) is 4. The fraction of sp³-hybridized carbons (Fsp3) is 0.432. The van der Waals surface area contributed by atoms with Crippen LogP contribution in [0.5, 0.6) is 5.75 Å². The van der Waals surface area contributed by atoms with Gasteiger partial charge in [-0.15, -0.1) is 0 Å². The molecule has 4 rings (SSSR count). The number of carbonyl (C=O) groups is 3. The van der Waals surface area contributed by atoms with Crippen LogP contribution in [0.25, 0.3) is 0 Å². The Hall–Kier alpha value is -4.37. The average Bonchev–Trinajstić information content (AvgIpc) is 3.12. The summed E-state index contributed by atoms with van der Waals surface area (Å²) < 4.78 is 89.7. The lowest BCUT2D eigenvalue weighted by molar-refractivity contribution is -0.128. The van der Waals surface area contributed by atoms with Gasteiger partial charge in [0.1, 0.15) is 11.8 Å². The van der Waals surface area contributed by atoms with Crippen LogP contribution in [0.4, 0.5) is 4.79 Å². The predicted molar refractivity (Wildman–Crippen MR) is 180 cm³/mol. The average molecular weight is 639 g/mol. The molecule has 0 bridgehead atoms. The Balaban J connectivity index is 1.73. The number of hydrogen-bond acceptors (Lipinski definition) is 5. The summed E-state index contributed by atoms with van der Waals surface area (Å²) in [5.74, 6) is -6.47. The van der Waals surface area contributed by atoms with Crippen LogP contribution in [0.1, 0.15) is 62.5 Å². The van der Waals surface area contributed by atoms with Gasteiger partial charge in [0.2, 0.25) is 5.91 Å². The summed E-state index contributed by atoms with van der Waals surface area (Å²) in [6.45, 7) is -7.39. The fourth-order valence-corrected chi connectivity index (χ4v) is 5.42. The first kappa shape index (κ1) is 23.0. The second-order valence-electron chi connectivity index (χ2n) is 11.3. The highest BCUT2D eigenvalue weighted by atomic mass is 16.5. The molecule has 0 radical (unpaired) electrons. The van der Waals surface area contributed by atoms with Gasteiger partial charge in [-0.1, -0.05) is 92.6 Å². The molecule has 0 aromatic heterocycles. The van der Waals surface area contributed by atoms with Crippen molar-refractivity contribution in [2.24, 2.45) is 5.89 Å². The minimum absolute atomic E-state index is 0.0243. The van der Waals surface area contributed by atoms with Crippen molar-refractivity contribution < 1.29 is 37.9 Å². The van der Waals surface area contributed by atoms with Crippen LogP contribution < -0.4 is 20.7 Å². The molecule has 1 aliphatic rings. The van der Waals surface area contributed by atoms with E-state index in [0.717, 1.165) is 0 Å². The summed E-state index contributed by atoms with van der Waals surface area (Å²) in [6.07, 6.45) is -1.95. The molecule has 1 saturated heterocycles. The molecule has 4 atom stereocenters. The van der Waals surface area contributed by atoms with Crippen LogP contribution in [-0.4, -0.2) is 71.7 Å². The van der Waals surface area contributed by atoms with Crippen molar-refractivity contribution in [1.29, 1.82) is 0 Å². The monoisotopic (exact) mass is 638 g/mol. The van der Waals surface area contributed by atoms with E-state index in [1.165, 1.54) is 0 Å².